The Morgan fingerprint density at radius 3 is 2.56 bits per heavy atom. The molecule has 1 fully saturated rings. The number of aromatic nitrogens is 1. The number of rotatable bonds is 5. The SMILES string of the molecule is Cc1noc(C)c1COC(=O)c1ccc(CN2C(=O)CNC2=O)cc1. The van der Waals surface area contributed by atoms with Gasteiger partial charge in [0, 0.05) is 0 Å². The van der Waals surface area contributed by atoms with Crippen LogP contribution in [0.4, 0.5) is 4.79 Å². The summed E-state index contributed by atoms with van der Waals surface area (Å²) in [5.74, 6) is -0.122. The molecular weight excluding hydrogens is 326 g/mol. The molecule has 2 heterocycles. The first-order valence-corrected chi connectivity index (χ1v) is 7.71. The number of carbonyl (C=O) groups is 3. The van der Waals surface area contributed by atoms with E-state index >= 15 is 0 Å². The third-order valence-electron chi connectivity index (χ3n) is 4.00. The maximum atomic E-state index is 12.1. The molecule has 1 aromatic carbocycles. The van der Waals surface area contributed by atoms with Gasteiger partial charge in [0.1, 0.15) is 12.4 Å². The molecule has 3 amide bonds. The van der Waals surface area contributed by atoms with Crippen LogP contribution in [0, 0.1) is 13.8 Å². The van der Waals surface area contributed by atoms with Gasteiger partial charge in [-0.25, -0.2) is 9.59 Å². The Kier molecular flexibility index (Phi) is 4.51. The van der Waals surface area contributed by atoms with Crippen molar-refractivity contribution in [3.8, 4) is 0 Å². The Morgan fingerprint density at radius 1 is 1.28 bits per heavy atom. The fourth-order valence-corrected chi connectivity index (χ4v) is 2.47. The lowest BCUT2D eigenvalue weighted by Gasteiger charge is -2.12. The van der Waals surface area contributed by atoms with Crippen LogP contribution in [0.1, 0.15) is 32.9 Å². The summed E-state index contributed by atoms with van der Waals surface area (Å²) in [6.45, 7) is 3.81. The van der Waals surface area contributed by atoms with Crippen molar-refractivity contribution in [2.45, 2.75) is 27.0 Å². The van der Waals surface area contributed by atoms with Crippen LogP contribution >= 0.6 is 0 Å². The van der Waals surface area contributed by atoms with Gasteiger partial charge in [-0.05, 0) is 31.5 Å². The number of carbonyl (C=O) groups excluding carboxylic acids is 3. The topological polar surface area (TPSA) is 102 Å². The van der Waals surface area contributed by atoms with Crippen molar-refractivity contribution in [3.05, 3.63) is 52.4 Å². The second-order valence-electron chi connectivity index (χ2n) is 5.71. The van der Waals surface area contributed by atoms with Crippen molar-refractivity contribution >= 4 is 17.9 Å². The van der Waals surface area contributed by atoms with Gasteiger partial charge < -0.3 is 14.6 Å². The molecule has 8 heteroatoms. The third-order valence-corrected chi connectivity index (χ3v) is 4.00. The minimum absolute atomic E-state index is 0.0188. The number of benzene rings is 1. The third kappa shape index (κ3) is 3.52. The summed E-state index contributed by atoms with van der Waals surface area (Å²) in [6, 6.07) is 6.16. The Morgan fingerprint density at radius 2 is 2.00 bits per heavy atom. The predicted octanol–water partition coefficient (Wildman–Crippen LogP) is 1.70. The maximum Gasteiger partial charge on any atom is 0.338 e. The summed E-state index contributed by atoms with van der Waals surface area (Å²) in [7, 11) is 0. The van der Waals surface area contributed by atoms with Gasteiger partial charge in [-0.2, -0.15) is 0 Å². The van der Waals surface area contributed by atoms with Crippen LogP contribution < -0.4 is 5.32 Å². The smallest absolute Gasteiger partial charge is 0.338 e. The summed E-state index contributed by atoms with van der Waals surface area (Å²) in [6.07, 6.45) is 0. The quantitative estimate of drug-likeness (QED) is 0.655. The van der Waals surface area contributed by atoms with Crippen molar-refractivity contribution in [1.82, 2.24) is 15.4 Å². The molecule has 0 saturated carbocycles. The van der Waals surface area contributed by atoms with E-state index in [0.717, 1.165) is 16.0 Å². The molecule has 25 heavy (non-hydrogen) atoms. The number of nitrogens with zero attached hydrogens (tertiary/aromatic N) is 2. The maximum absolute atomic E-state index is 12.1. The fourth-order valence-electron chi connectivity index (χ4n) is 2.47. The molecule has 1 saturated heterocycles. The zero-order valence-corrected chi connectivity index (χ0v) is 13.9. The summed E-state index contributed by atoms with van der Waals surface area (Å²) < 4.78 is 10.3. The van der Waals surface area contributed by atoms with Gasteiger partial charge in [0.2, 0.25) is 5.91 Å². The highest BCUT2D eigenvalue weighted by atomic mass is 16.5. The Balaban J connectivity index is 1.61. The number of nitrogens with one attached hydrogen (secondary N) is 1. The van der Waals surface area contributed by atoms with Gasteiger partial charge >= 0.3 is 12.0 Å². The first kappa shape index (κ1) is 16.7. The highest BCUT2D eigenvalue weighted by molar-refractivity contribution is 6.01. The monoisotopic (exact) mass is 343 g/mol. The average Bonchev–Trinajstić information content (AvgIpc) is 3.09. The molecule has 2 aromatic rings. The van der Waals surface area contributed by atoms with Crippen LogP contribution in [0.3, 0.4) is 0 Å². The lowest BCUT2D eigenvalue weighted by atomic mass is 10.1. The summed E-state index contributed by atoms with van der Waals surface area (Å²) in [5, 5.41) is 6.27. The number of hydrogen-bond acceptors (Lipinski definition) is 6. The van der Waals surface area contributed by atoms with E-state index < -0.39 is 12.0 Å². The van der Waals surface area contributed by atoms with E-state index in [1.54, 1.807) is 38.1 Å². The van der Waals surface area contributed by atoms with Crippen molar-refractivity contribution in [2.75, 3.05) is 6.54 Å². The average molecular weight is 343 g/mol. The summed E-state index contributed by atoms with van der Waals surface area (Å²) in [5.41, 5.74) is 2.57. The molecule has 3 rings (SSSR count). The van der Waals surface area contributed by atoms with Crippen molar-refractivity contribution in [3.63, 3.8) is 0 Å². The standard InChI is InChI=1S/C17H17N3O5/c1-10-14(11(2)25-19-10)9-24-16(22)13-5-3-12(4-6-13)8-20-15(21)7-18-17(20)23/h3-6H,7-9H2,1-2H3,(H,18,23). The zero-order valence-electron chi connectivity index (χ0n) is 13.9. The number of amides is 3. The highest BCUT2D eigenvalue weighted by Crippen LogP contribution is 2.15. The Bertz CT molecular complexity index is 790. The van der Waals surface area contributed by atoms with Crippen LogP contribution in [0.5, 0.6) is 0 Å². The minimum atomic E-state index is -0.471. The van der Waals surface area contributed by atoms with E-state index in [1.165, 1.54) is 0 Å². The van der Waals surface area contributed by atoms with Gasteiger partial charge in [-0.15, -0.1) is 0 Å². The Hall–Kier alpha value is -3.16. The fraction of sp³-hybridized carbons (Fsp3) is 0.294. The number of ether oxygens (including phenoxy) is 1. The van der Waals surface area contributed by atoms with E-state index in [-0.39, 0.29) is 25.6 Å². The van der Waals surface area contributed by atoms with Crippen molar-refractivity contribution in [2.24, 2.45) is 0 Å². The van der Waals surface area contributed by atoms with Crippen molar-refractivity contribution < 1.29 is 23.6 Å². The molecule has 1 N–H and O–H groups in total. The molecule has 0 aliphatic carbocycles. The number of imide groups is 1. The summed E-state index contributed by atoms with van der Waals surface area (Å²) >= 11 is 0. The van der Waals surface area contributed by atoms with E-state index in [1.807, 2.05) is 0 Å². The number of urea groups is 1. The second-order valence-corrected chi connectivity index (χ2v) is 5.71. The van der Waals surface area contributed by atoms with Crippen molar-refractivity contribution in [1.29, 1.82) is 0 Å². The van der Waals surface area contributed by atoms with E-state index in [4.69, 9.17) is 9.26 Å². The molecule has 1 aliphatic rings. The van der Waals surface area contributed by atoms with Gasteiger partial charge in [-0.3, -0.25) is 9.69 Å². The zero-order chi connectivity index (χ0) is 18.0. The lowest BCUT2D eigenvalue weighted by molar-refractivity contribution is -0.125. The second kappa shape index (κ2) is 6.76. The van der Waals surface area contributed by atoms with Crippen LogP contribution in [0.15, 0.2) is 28.8 Å². The normalized spacial score (nSPS) is 13.9. The van der Waals surface area contributed by atoms with Crippen LogP contribution in [0.2, 0.25) is 0 Å². The Labute approximate surface area is 143 Å². The molecule has 1 aliphatic heterocycles. The molecule has 1 aromatic heterocycles. The predicted molar refractivity (Wildman–Crippen MR) is 85.5 cm³/mol. The van der Waals surface area contributed by atoms with Gasteiger partial charge in [0.05, 0.1) is 29.9 Å². The first-order chi connectivity index (χ1) is 12.0. The van der Waals surface area contributed by atoms with E-state index in [9.17, 15) is 14.4 Å². The molecule has 0 radical (unpaired) electrons. The number of esters is 1. The molecule has 8 nitrogen and oxygen atoms in total. The van der Waals surface area contributed by atoms with Gasteiger partial charge in [0.15, 0.2) is 0 Å². The molecule has 0 bridgehead atoms. The van der Waals surface area contributed by atoms with Crippen LogP contribution in [-0.4, -0.2) is 34.5 Å². The van der Waals surface area contributed by atoms with Crippen LogP contribution in [-0.2, 0) is 22.7 Å². The molecule has 0 spiro atoms. The molecule has 0 atom stereocenters. The molecule has 0 unspecified atom stereocenters. The van der Waals surface area contributed by atoms with Gasteiger partial charge in [0.25, 0.3) is 0 Å². The molecular formula is C17H17N3O5. The molecule has 130 valence electrons. The highest BCUT2D eigenvalue weighted by Gasteiger charge is 2.28. The number of aryl methyl sites for hydroxylation is 2. The van der Waals surface area contributed by atoms with Gasteiger partial charge in [-0.1, -0.05) is 17.3 Å². The minimum Gasteiger partial charge on any atom is -0.457 e. The lowest BCUT2D eigenvalue weighted by Crippen LogP contribution is -2.30. The van der Waals surface area contributed by atoms with E-state index in [0.29, 0.717) is 17.0 Å². The summed E-state index contributed by atoms with van der Waals surface area (Å²) in [4.78, 5) is 36.3. The largest absolute Gasteiger partial charge is 0.457 e. The first-order valence-electron chi connectivity index (χ1n) is 7.71. The van der Waals surface area contributed by atoms with E-state index in [2.05, 4.69) is 10.5 Å². The number of hydrogen-bond donors (Lipinski definition) is 1. The van der Waals surface area contributed by atoms with Crippen LogP contribution in [0.25, 0.3) is 0 Å².